The second-order valence-electron chi connectivity index (χ2n) is 24.3. The molecule has 0 heterocycles. The molecule has 0 aliphatic heterocycles. The molecule has 0 rings (SSSR count). The Morgan fingerprint density at radius 3 is 1.12 bits per heavy atom. The Morgan fingerprint density at radius 2 is 0.735 bits per heavy atom. The van der Waals surface area contributed by atoms with Crippen molar-refractivity contribution < 1.29 is 37.3 Å². The van der Waals surface area contributed by atoms with Gasteiger partial charge in [-0.2, -0.15) is 0 Å². The van der Waals surface area contributed by atoms with Crippen molar-refractivity contribution in [1.82, 2.24) is 5.32 Å². The van der Waals surface area contributed by atoms with Crippen LogP contribution in [0.1, 0.15) is 303 Å². The minimum absolute atomic E-state index is 0.0333. The second-order valence-corrected chi connectivity index (χ2v) is 25.8. The largest absolute Gasteiger partial charge is 0.472 e. The van der Waals surface area contributed by atoms with Crippen LogP contribution < -0.4 is 5.32 Å². The van der Waals surface area contributed by atoms with Crippen LogP contribution in [0.4, 0.5) is 0 Å². The number of esters is 1. The molecule has 0 aromatic carbocycles. The van der Waals surface area contributed by atoms with Crippen molar-refractivity contribution in [3.8, 4) is 0 Å². The maximum atomic E-state index is 13.6. The van der Waals surface area contributed by atoms with Crippen LogP contribution >= 0.6 is 7.82 Å². The van der Waals surface area contributed by atoms with Crippen molar-refractivity contribution in [1.29, 1.82) is 0 Å². The Hall–Kier alpha value is -3.07. The molecule has 0 aromatic rings. The van der Waals surface area contributed by atoms with E-state index in [1.165, 1.54) is 167 Å². The number of ether oxygens (including phenoxy) is 1. The van der Waals surface area contributed by atoms with Crippen molar-refractivity contribution in [2.24, 2.45) is 0 Å². The minimum Gasteiger partial charge on any atom is -0.456 e. The maximum Gasteiger partial charge on any atom is 0.472 e. The summed E-state index contributed by atoms with van der Waals surface area (Å²) in [6.45, 7) is 6.95. The summed E-state index contributed by atoms with van der Waals surface area (Å²) in [5.74, 6) is -0.521. The number of nitrogens with zero attached hydrogens (tertiary/aromatic N) is 1. The van der Waals surface area contributed by atoms with Gasteiger partial charge >= 0.3 is 13.8 Å². The van der Waals surface area contributed by atoms with E-state index in [1.807, 2.05) is 33.3 Å². The number of hydrogen-bond acceptors (Lipinski definition) is 6. The smallest absolute Gasteiger partial charge is 0.456 e. The van der Waals surface area contributed by atoms with Crippen molar-refractivity contribution in [3.05, 3.63) is 97.2 Å². The van der Waals surface area contributed by atoms with Gasteiger partial charge in [-0.25, -0.2) is 4.57 Å². The Bertz CT molecular complexity index is 1740. The molecular weight excluding hydrogens is 1050 g/mol. The summed E-state index contributed by atoms with van der Waals surface area (Å²) in [5, 5.41) is 3.06. The highest BCUT2D eigenvalue weighted by molar-refractivity contribution is 7.47. The fourth-order valence-corrected chi connectivity index (χ4v) is 10.4. The van der Waals surface area contributed by atoms with E-state index < -0.39 is 20.0 Å². The lowest BCUT2D eigenvalue weighted by Gasteiger charge is -2.27. The molecule has 0 radical (unpaired) electrons. The van der Waals surface area contributed by atoms with E-state index in [2.05, 4.69) is 111 Å². The zero-order valence-electron chi connectivity index (χ0n) is 54.9. The van der Waals surface area contributed by atoms with Gasteiger partial charge in [0.2, 0.25) is 5.91 Å². The third-order valence-corrected chi connectivity index (χ3v) is 16.0. The first-order valence-electron chi connectivity index (χ1n) is 34.6. The molecule has 1 amide bonds. The van der Waals surface area contributed by atoms with Gasteiger partial charge in [-0.1, -0.05) is 272 Å². The third-order valence-electron chi connectivity index (χ3n) is 15.0. The fourth-order valence-electron chi connectivity index (χ4n) is 9.64. The summed E-state index contributed by atoms with van der Waals surface area (Å²) >= 11 is 0. The van der Waals surface area contributed by atoms with E-state index >= 15 is 0 Å². The summed E-state index contributed by atoms with van der Waals surface area (Å²) in [6.07, 6.45) is 84.1. The standard InChI is InChI=1S/C73H131N2O7P/c1-7-10-13-16-19-22-25-27-29-31-33-35-37-39-41-43-45-47-50-53-56-59-62-65-72(76)74-70(69-81-83(78,79)80-68-67-75(4,5)6)71(64-61-58-55-52-49-24-21-18-15-12-9-3)82-73(77)66-63-60-57-54-51-48-46-44-42-40-38-36-34-32-30-28-26-23-20-17-14-11-8-2/h19-20,22-23,27-30,33-36,39,41,61,64,70-71H,7-18,21,24-26,31-32,37-38,40,42-60,62-63,65-69H2,1-6H3,(H-,74,76,78,79)/p+1/b22-19-,23-20-,29-27-,30-28-,35-33-,36-34-,41-39-,64-61+. The molecule has 0 spiro atoms. The van der Waals surface area contributed by atoms with Gasteiger partial charge in [0.25, 0.3) is 0 Å². The molecular formula is C73H132N2O7P+. The molecule has 0 bridgehead atoms. The number of likely N-dealkylation sites (N-methyl/N-ethyl adjacent to an activating group) is 1. The summed E-state index contributed by atoms with van der Waals surface area (Å²) in [5.41, 5.74) is 0. The van der Waals surface area contributed by atoms with Crippen LogP contribution in [0.25, 0.3) is 0 Å². The maximum absolute atomic E-state index is 13.6. The van der Waals surface area contributed by atoms with Crippen molar-refractivity contribution in [2.45, 2.75) is 315 Å². The van der Waals surface area contributed by atoms with Crippen molar-refractivity contribution in [2.75, 3.05) is 40.9 Å². The number of phosphoric acid groups is 1. The molecule has 83 heavy (non-hydrogen) atoms. The molecule has 3 atom stereocenters. The van der Waals surface area contributed by atoms with Crippen molar-refractivity contribution in [3.63, 3.8) is 0 Å². The lowest BCUT2D eigenvalue weighted by Crippen LogP contribution is -2.47. The second kappa shape index (κ2) is 62.0. The SMILES string of the molecule is CCCCC/C=C\C/C=C\C/C=C\C/C=C\CCCCCCCCCC(=O)NC(COP(=O)(O)OCC[N+](C)(C)C)C(/C=C/CCCCCCCCCCC)OC(=O)CCCCCCCCCCCC/C=C\C/C=C\C/C=C\CCCCC. The molecule has 480 valence electrons. The summed E-state index contributed by atoms with van der Waals surface area (Å²) in [7, 11) is 1.48. The molecule has 9 nitrogen and oxygen atoms in total. The quantitative estimate of drug-likeness (QED) is 0.0205. The highest BCUT2D eigenvalue weighted by Crippen LogP contribution is 2.43. The van der Waals surface area contributed by atoms with Crippen LogP contribution in [0.5, 0.6) is 0 Å². The predicted molar refractivity (Wildman–Crippen MR) is 360 cm³/mol. The lowest BCUT2D eigenvalue weighted by molar-refractivity contribution is -0.870. The molecule has 3 unspecified atom stereocenters. The highest BCUT2D eigenvalue weighted by Gasteiger charge is 2.30. The first-order valence-corrected chi connectivity index (χ1v) is 36.1. The number of amides is 1. The monoisotopic (exact) mass is 1180 g/mol. The van der Waals surface area contributed by atoms with Crippen LogP contribution in [0.3, 0.4) is 0 Å². The van der Waals surface area contributed by atoms with Crippen LogP contribution in [-0.4, -0.2) is 74.3 Å². The molecule has 0 saturated carbocycles. The van der Waals surface area contributed by atoms with Gasteiger partial charge in [0.1, 0.15) is 19.3 Å². The summed E-state index contributed by atoms with van der Waals surface area (Å²) in [4.78, 5) is 37.8. The van der Waals surface area contributed by atoms with Crippen molar-refractivity contribution >= 4 is 19.7 Å². The zero-order valence-corrected chi connectivity index (χ0v) is 55.8. The Kier molecular flexibility index (Phi) is 59.7. The van der Waals surface area contributed by atoms with E-state index in [0.717, 1.165) is 103 Å². The van der Waals surface area contributed by atoms with E-state index in [-0.39, 0.29) is 31.5 Å². The number of rotatable bonds is 62. The van der Waals surface area contributed by atoms with Gasteiger partial charge < -0.3 is 19.4 Å². The molecule has 0 aliphatic rings. The zero-order chi connectivity index (χ0) is 60.7. The molecule has 0 aliphatic carbocycles. The van der Waals surface area contributed by atoms with Crippen LogP contribution in [0, 0.1) is 0 Å². The summed E-state index contributed by atoms with van der Waals surface area (Å²) in [6, 6.07) is -0.862. The van der Waals surface area contributed by atoms with Gasteiger partial charge in [-0.05, 0) is 115 Å². The number of nitrogens with one attached hydrogen (secondary N) is 1. The van der Waals surface area contributed by atoms with Crippen LogP contribution in [0.15, 0.2) is 97.2 Å². The fraction of sp³-hybridized carbons (Fsp3) is 0.753. The highest BCUT2D eigenvalue weighted by atomic mass is 31.2. The topological polar surface area (TPSA) is 111 Å². The number of allylic oxidation sites excluding steroid dienone is 15. The predicted octanol–water partition coefficient (Wildman–Crippen LogP) is 21.9. The van der Waals surface area contributed by atoms with Crippen LogP contribution in [-0.2, 0) is 27.9 Å². The molecule has 10 heteroatoms. The van der Waals surface area contributed by atoms with E-state index in [4.69, 9.17) is 13.8 Å². The van der Waals surface area contributed by atoms with Gasteiger partial charge in [-0.3, -0.25) is 18.6 Å². The average Bonchev–Trinajstić information content (AvgIpc) is 3.51. The number of unbranched alkanes of at least 4 members (excludes halogenated alkanes) is 32. The number of quaternary nitrogens is 1. The number of carbonyl (C=O) groups excluding carboxylic acids is 2. The Labute approximate surface area is 513 Å². The average molecular weight is 1180 g/mol. The third kappa shape index (κ3) is 63.3. The van der Waals surface area contributed by atoms with Gasteiger partial charge in [0.15, 0.2) is 0 Å². The van der Waals surface area contributed by atoms with Gasteiger partial charge in [-0.15, -0.1) is 0 Å². The molecule has 2 N–H and O–H groups in total. The number of carbonyl (C=O) groups is 2. The normalized spacial score (nSPS) is 14.2. The van der Waals surface area contributed by atoms with Crippen LogP contribution in [0.2, 0.25) is 0 Å². The molecule has 0 fully saturated rings. The Morgan fingerprint density at radius 1 is 0.422 bits per heavy atom. The first-order chi connectivity index (χ1) is 40.4. The van der Waals surface area contributed by atoms with Gasteiger partial charge in [0.05, 0.1) is 33.8 Å². The van der Waals surface area contributed by atoms with E-state index in [0.29, 0.717) is 17.4 Å². The van der Waals surface area contributed by atoms with E-state index in [1.54, 1.807) is 0 Å². The molecule has 0 saturated heterocycles. The summed E-state index contributed by atoms with van der Waals surface area (Å²) < 4.78 is 30.8. The van der Waals surface area contributed by atoms with E-state index in [9.17, 15) is 19.0 Å². The van der Waals surface area contributed by atoms with Gasteiger partial charge in [0, 0.05) is 12.8 Å². The Balaban J connectivity index is 5.12. The first kappa shape index (κ1) is 79.9. The number of phosphoric ester groups is 1. The number of hydrogen-bond donors (Lipinski definition) is 2. The lowest BCUT2D eigenvalue weighted by atomic mass is 10.0. The minimum atomic E-state index is -4.46. The molecule has 0 aromatic heterocycles.